The van der Waals surface area contributed by atoms with Crippen LogP contribution in [0.3, 0.4) is 0 Å². The van der Waals surface area contributed by atoms with Crippen molar-refractivity contribution in [1.29, 1.82) is 0 Å². The monoisotopic (exact) mass is 402 g/mol. The fraction of sp³-hybridized carbons (Fsp3) is 0.250. The van der Waals surface area contributed by atoms with Crippen LogP contribution < -0.4 is 4.74 Å². The Morgan fingerprint density at radius 2 is 1.96 bits per heavy atom. The first-order valence-electron chi connectivity index (χ1n) is 8.58. The molecule has 3 aromatic rings. The van der Waals surface area contributed by atoms with Crippen LogP contribution in [0, 0.1) is 5.82 Å². The summed E-state index contributed by atoms with van der Waals surface area (Å²) in [6, 6.07) is 11.8. The summed E-state index contributed by atoms with van der Waals surface area (Å²) in [7, 11) is 2.91. The van der Waals surface area contributed by atoms with Gasteiger partial charge in [-0.2, -0.15) is 0 Å². The molecular weight excluding hydrogens is 383 g/mol. The van der Waals surface area contributed by atoms with E-state index in [1.54, 1.807) is 13.2 Å². The molecule has 0 aliphatic heterocycles. The van der Waals surface area contributed by atoms with Gasteiger partial charge in [-0.25, -0.2) is 4.39 Å². The second kappa shape index (κ2) is 9.36. The molecule has 3 rings (SSSR count). The Morgan fingerprint density at radius 3 is 2.75 bits per heavy atom. The normalized spacial score (nSPS) is 10.7. The lowest BCUT2D eigenvalue weighted by molar-refractivity contribution is -0.140. The summed E-state index contributed by atoms with van der Waals surface area (Å²) in [4.78, 5) is 11.1. The second-order valence-electron chi connectivity index (χ2n) is 5.83. The van der Waals surface area contributed by atoms with Gasteiger partial charge >= 0.3 is 5.97 Å². The van der Waals surface area contributed by atoms with Crippen LogP contribution >= 0.6 is 11.8 Å². The molecule has 0 bridgehead atoms. The largest absolute Gasteiger partial charge is 0.496 e. The highest BCUT2D eigenvalue weighted by Gasteiger charge is 2.13. The van der Waals surface area contributed by atoms with Crippen molar-refractivity contribution in [3.8, 4) is 28.3 Å². The van der Waals surface area contributed by atoms with E-state index in [4.69, 9.17) is 9.15 Å². The summed E-state index contributed by atoms with van der Waals surface area (Å²) in [5.41, 5.74) is 2.14. The number of hydrogen-bond donors (Lipinski definition) is 0. The molecule has 0 atom stereocenters. The predicted molar refractivity (Wildman–Crippen MR) is 104 cm³/mol. The molecule has 0 aliphatic rings. The van der Waals surface area contributed by atoms with Crippen LogP contribution in [0.1, 0.15) is 12.8 Å². The highest BCUT2D eigenvalue weighted by atomic mass is 32.2. The number of carbonyl (C=O) groups excluding carboxylic acids is 1. The molecule has 0 fully saturated rings. The Balaban J connectivity index is 1.74. The van der Waals surface area contributed by atoms with Gasteiger partial charge in [0.25, 0.3) is 5.22 Å². The molecule has 146 valence electrons. The van der Waals surface area contributed by atoms with Gasteiger partial charge in [-0.05, 0) is 42.3 Å². The van der Waals surface area contributed by atoms with Crippen molar-refractivity contribution in [3.05, 3.63) is 48.3 Å². The van der Waals surface area contributed by atoms with Gasteiger partial charge in [-0.1, -0.05) is 23.9 Å². The van der Waals surface area contributed by atoms with Crippen molar-refractivity contribution in [2.24, 2.45) is 0 Å². The minimum absolute atomic E-state index is 0.239. The fourth-order valence-electron chi connectivity index (χ4n) is 2.59. The minimum atomic E-state index is -0.343. The molecule has 8 heteroatoms. The van der Waals surface area contributed by atoms with Crippen LogP contribution in [0.4, 0.5) is 4.39 Å². The first kappa shape index (κ1) is 19.9. The quantitative estimate of drug-likeness (QED) is 0.310. The van der Waals surface area contributed by atoms with E-state index in [2.05, 4.69) is 14.9 Å². The lowest BCUT2D eigenvalue weighted by Crippen LogP contribution is -1.99. The Morgan fingerprint density at radius 1 is 1.14 bits per heavy atom. The Kier molecular flexibility index (Phi) is 6.65. The number of methoxy groups -OCH3 is 2. The van der Waals surface area contributed by atoms with Gasteiger partial charge in [-0.3, -0.25) is 4.79 Å². The third kappa shape index (κ3) is 4.89. The number of esters is 1. The molecule has 0 unspecified atom stereocenters. The van der Waals surface area contributed by atoms with E-state index in [9.17, 15) is 9.18 Å². The summed E-state index contributed by atoms with van der Waals surface area (Å²) in [6.45, 7) is 0. The van der Waals surface area contributed by atoms with E-state index in [0.29, 0.717) is 41.0 Å². The zero-order chi connectivity index (χ0) is 19.9. The molecule has 1 heterocycles. The Labute approximate surface area is 166 Å². The number of carbonyl (C=O) groups is 1. The highest BCUT2D eigenvalue weighted by Crippen LogP contribution is 2.33. The SMILES string of the molecule is COC(=O)CCCSc1nnc(-c2cccc(-c3cc(F)ccc3OC)c2)o1. The number of benzene rings is 2. The minimum Gasteiger partial charge on any atom is -0.496 e. The lowest BCUT2D eigenvalue weighted by Gasteiger charge is -2.09. The Hall–Kier alpha value is -2.87. The van der Waals surface area contributed by atoms with E-state index in [-0.39, 0.29) is 11.8 Å². The first-order valence-corrected chi connectivity index (χ1v) is 9.56. The molecule has 0 aliphatic carbocycles. The maximum absolute atomic E-state index is 13.7. The molecule has 0 radical (unpaired) electrons. The zero-order valence-corrected chi connectivity index (χ0v) is 16.3. The van der Waals surface area contributed by atoms with Crippen molar-refractivity contribution in [2.45, 2.75) is 18.1 Å². The van der Waals surface area contributed by atoms with E-state index in [0.717, 1.165) is 11.1 Å². The second-order valence-corrected chi connectivity index (χ2v) is 6.87. The van der Waals surface area contributed by atoms with Crippen LogP contribution in [0.25, 0.3) is 22.6 Å². The number of hydrogen-bond acceptors (Lipinski definition) is 7. The van der Waals surface area contributed by atoms with Gasteiger partial charge in [0.1, 0.15) is 11.6 Å². The summed E-state index contributed by atoms with van der Waals surface area (Å²) < 4.78 is 29.3. The van der Waals surface area contributed by atoms with Crippen LogP contribution in [0.5, 0.6) is 5.75 Å². The summed E-state index contributed by atoms with van der Waals surface area (Å²) in [6.07, 6.45) is 1.01. The van der Waals surface area contributed by atoms with Gasteiger partial charge in [0.05, 0.1) is 14.2 Å². The van der Waals surface area contributed by atoms with Crippen molar-refractivity contribution in [1.82, 2.24) is 10.2 Å². The van der Waals surface area contributed by atoms with Crippen molar-refractivity contribution >= 4 is 17.7 Å². The van der Waals surface area contributed by atoms with Crippen LogP contribution in [-0.2, 0) is 9.53 Å². The fourth-order valence-corrected chi connectivity index (χ4v) is 3.29. The molecular formula is C20H19FN2O4S. The number of rotatable bonds is 8. The number of thioether (sulfide) groups is 1. The molecule has 2 aromatic carbocycles. The predicted octanol–water partition coefficient (Wildman–Crippen LogP) is 4.60. The summed E-state index contributed by atoms with van der Waals surface area (Å²) in [5.74, 6) is 1.02. The Bertz CT molecular complexity index is 961. The summed E-state index contributed by atoms with van der Waals surface area (Å²) >= 11 is 1.38. The van der Waals surface area contributed by atoms with Crippen LogP contribution in [0.15, 0.2) is 52.1 Å². The first-order chi connectivity index (χ1) is 13.6. The molecule has 0 spiro atoms. The van der Waals surface area contributed by atoms with Gasteiger partial charge in [-0.15, -0.1) is 10.2 Å². The van der Waals surface area contributed by atoms with E-state index < -0.39 is 0 Å². The number of halogens is 1. The maximum atomic E-state index is 13.7. The smallest absolute Gasteiger partial charge is 0.305 e. The lowest BCUT2D eigenvalue weighted by atomic mass is 10.0. The topological polar surface area (TPSA) is 74.5 Å². The molecule has 6 nitrogen and oxygen atoms in total. The van der Waals surface area contributed by atoms with E-state index in [1.807, 2.05) is 24.3 Å². The maximum Gasteiger partial charge on any atom is 0.305 e. The molecule has 0 amide bonds. The van der Waals surface area contributed by atoms with Crippen molar-refractivity contribution < 1.29 is 23.1 Å². The zero-order valence-electron chi connectivity index (χ0n) is 15.5. The number of ether oxygens (including phenoxy) is 2. The van der Waals surface area contributed by atoms with Crippen molar-refractivity contribution in [2.75, 3.05) is 20.0 Å². The average Bonchev–Trinajstić information content (AvgIpc) is 3.20. The molecule has 1 aromatic heterocycles. The standard InChI is InChI=1S/C20H19FN2O4S/c1-25-17-9-8-15(21)12-16(17)13-5-3-6-14(11-13)19-22-23-20(27-19)28-10-4-7-18(24)26-2/h3,5-6,8-9,11-12H,4,7,10H2,1-2H3. The van der Waals surface area contributed by atoms with E-state index >= 15 is 0 Å². The molecule has 28 heavy (non-hydrogen) atoms. The average molecular weight is 402 g/mol. The number of aromatic nitrogens is 2. The molecule has 0 saturated carbocycles. The highest BCUT2D eigenvalue weighted by molar-refractivity contribution is 7.99. The van der Waals surface area contributed by atoms with Crippen molar-refractivity contribution in [3.63, 3.8) is 0 Å². The van der Waals surface area contributed by atoms with E-state index in [1.165, 1.54) is 31.0 Å². The molecule has 0 saturated heterocycles. The van der Waals surface area contributed by atoms with Crippen LogP contribution in [0.2, 0.25) is 0 Å². The third-order valence-corrected chi connectivity index (χ3v) is 4.87. The molecule has 0 N–H and O–H groups in total. The van der Waals surface area contributed by atoms with Gasteiger partial charge < -0.3 is 13.9 Å². The van der Waals surface area contributed by atoms with Crippen LogP contribution in [-0.4, -0.2) is 36.1 Å². The third-order valence-electron chi connectivity index (χ3n) is 3.97. The van der Waals surface area contributed by atoms with Gasteiger partial charge in [0.15, 0.2) is 0 Å². The van der Waals surface area contributed by atoms with Gasteiger partial charge in [0, 0.05) is 23.3 Å². The number of nitrogens with zero attached hydrogens (tertiary/aromatic N) is 2. The summed E-state index contributed by atoms with van der Waals surface area (Å²) in [5, 5.41) is 8.53. The van der Waals surface area contributed by atoms with Gasteiger partial charge in [0.2, 0.25) is 5.89 Å².